The molecule has 26 heavy (non-hydrogen) atoms. The molecule has 0 radical (unpaired) electrons. The van der Waals surface area contributed by atoms with E-state index in [1.807, 2.05) is 19.1 Å². The van der Waals surface area contributed by atoms with E-state index in [1.165, 1.54) is 6.39 Å². The smallest absolute Gasteiger partial charge is 0.322 e. The van der Waals surface area contributed by atoms with E-state index in [4.69, 9.17) is 9.26 Å². The van der Waals surface area contributed by atoms with Crippen molar-refractivity contribution in [2.24, 2.45) is 0 Å². The lowest BCUT2D eigenvalue weighted by molar-refractivity contribution is -0.00577. The summed E-state index contributed by atoms with van der Waals surface area (Å²) in [6.45, 7) is 4.39. The Morgan fingerprint density at radius 3 is 2.92 bits per heavy atom. The van der Waals surface area contributed by atoms with Crippen LogP contribution in [0.2, 0.25) is 0 Å². The maximum Gasteiger partial charge on any atom is 0.322 e. The van der Waals surface area contributed by atoms with Crippen LogP contribution >= 0.6 is 0 Å². The molecule has 3 heterocycles. The van der Waals surface area contributed by atoms with Gasteiger partial charge in [-0.25, -0.2) is 4.79 Å². The maximum atomic E-state index is 13.0. The summed E-state index contributed by atoms with van der Waals surface area (Å²) in [7, 11) is 0. The Kier molecular flexibility index (Phi) is 4.29. The van der Waals surface area contributed by atoms with Crippen molar-refractivity contribution in [3.05, 3.63) is 41.5 Å². The first-order valence-corrected chi connectivity index (χ1v) is 8.46. The Hall–Kier alpha value is -2.94. The third-order valence-electron chi connectivity index (χ3n) is 4.66. The normalized spacial score (nSPS) is 20.3. The van der Waals surface area contributed by atoms with Crippen LogP contribution in [-0.4, -0.2) is 59.8 Å². The van der Waals surface area contributed by atoms with Gasteiger partial charge in [-0.3, -0.25) is 9.69 Å². The predicted molar refractivity (Wildman–Crippen MR) is 90.8 cm³/mol. The first-order chi connectivity index (χ1) is 12.6. The zero-order chi connectivity index (χ0) is 18.1. The number of nitrogens with zero attached hydrogens (tertiary/aromatic N) is 4. The van der Waals surface area contributed by atoms with Crippen molar-refractivity contribution >= 4 is 17.6 Å². The van der Waals surface area contributed by atoms with Crippen LogP contribution in [0.3, 0.4) is 0 Å². The van der Waals surface area contributed by atoms with Gasteiger partial charge >= 0.3 is 6.03 Å². The Balaban J connectivity index is 1.59. The third-order valence-corrected chi connectivity index (χ3v) is 4.66. The number of carbonyl (C=O) groups excluding carboxylic acids is 2. The van der Waals surface area contributed by atoms with E-state index in [0.29, 0.717) is 44.2 Å². The average Bonchev–Trinajstić information content (AvgIpc) is 3.33. The van der Waals surface area contributed by atoms with Gasteiger partial charge < -0.3 is 19.5 Å². The molecule has 9 nitrogen and oxygen atoms in total. The molecule has 2 aliphatic heterocycles. The molecule has 2 saturated heterocycles. The molecule has 0 bridgehead atoms. The number of hydrogen-bond donors (Lipinski definition) is 1. The van der Waals surface area contributed by atoms with E-state index in [0.717, 1.165) is 11.3 Å². The van der Waals surface area contributed by atoms with Gasteiger partial charge in [0.2, 0.25) is 6.39 Å². The fourth-order valence-electron chi connectivity index (χ4n) is 3.34. The molecule has 2 aliphatic rings. The minimum atomic E-state index is -0.376. The fourth-order valence-corrected chi connectivity index (χ4v) is 3.34. The predicted octanol–water partition coefficient (Wildman–Crippen LogP) is 1.12. The minimum absolute atomic E-state index is 0.113. The highest BCUT2D eigenvalue weighted by Crippen LogP contribution is 2.27. The summed E-state index contributed by atoms with van der Waals surface area (Å²) < 4.78 is 10.3. The van der Waals surface area contributed by atoms with Crippen LogP contribution in [0, 0.1) is 6.92 Å². The molecule has 2 aromatic rings. The molecule has 1 atom stereocenters. The van der Waals surface area contributed by atoms with Gasteiger partial charge in [0.15, 0.2) is 5.82 Å². The Morgan fingerprint density at radius 1 is 1.35 bits per heavy atom. The van der Waals surface area contributed by atoms with Gasteiger partial charge in [0.25, 0.3) is 5.91 Å². The molecule has 0 spiro atoms. The average molecular weight is 357 g/mol. The van der Waals surface area contributed by atoms with E-state index >= 15 is 0 Å². The number of aryl methyl sites for hydroxylation is 1. The Labute approximate surface area is 149 Å². The largest absolute Gasteiger partial charge is 0.377 e. The van der Waals surface area contributed by atoms with E-state index < -0.39 is 0 Å². The summed E-state index contributed by atoms with van der Waals surface area (Å²) in [4.78, 5) is 32.4. The van der Waals surface area contributed by atoms with Crippen LogP contribution in [0.1, 0.15) is 27.8 Å². The topological polar surface area (TPSA) is 101 Å². The van der Waals surface area contributed by atoms with Gasteiger partial charge in [-0.1, -0.05) is 5.16 Å². The first kappa shape index (κ1) is 16.5. The van der Waals surface area contributed by atoms with Crippen LogP contribution in [0.4, 0.5) is 10.5 Å². The van der Waals surface area contributed by atoms with Gasteiger partial charge in [0.1, 0.15) is 6.04 Å². The Bertz CT molecular complexity index is 823. The number of anilines is 1. The molecule has 1 N–H and O–H groups in total. The number of nitrogens with one attached hydrogen (secondary N) is 1. The number of carbonyl (C=O) groups is 2. The van der Waals surface area contributed by atoms with Gasteiger partial charge in [-0.15, -0.1) is 0 Å². The third kappa shape index (κ3) is 2.90. The number of ether oxygens (including phenoxy) is 1. The summed E-state index contributed by atoms with van der Waals surface area (Å²) in [6.07, 6.45) is 1.24. The minimum Gasteiger partial charge on any atom is -0.377 e. The highest BCUT2D eigenvalue weighted by Gasteiger charge is 2.32. The molecule has 1 unspecified atom stereocenters. The quantitative estimate of drug-likeness (QED) is 0.883. The zero-order valence-electron chi connectivity index (χ0n) is 14.3. The molecular weight excluding hydrogens is 338 g/mol. The van der Waals surface area contributed by atoms with Gasteiger partial charge in [0, 0.05) is 30.9 Å². The number of morpholine rings is 1. The van der Waals surface area contributed by atoms with Gasteiger partial charge in [-0.2, -0.15) is 4.98 Å². The fraction of sp³-hybridized carbons (Fsp3) is 0.412. The lowest BCUT2D eigenvalue weighted by Gasteiger charge is -2.33. The van der Waals surface area contributed by atoms with E-state index in [-0.39, 0.29) is 18.0 Å². The lowest BCUT2D eigenvalue weighted by atomic mass is 10.1. The number of benzene rings is 1. The summed E-state index contributed by atoms with van der Waals surface area (Å²) in [6, 6.07) is 4.89. The highest BCUT2D eigenvalue weighted by atomic mass is 16.5. The van der Waals surface area contributed by atoms with Crippen LogP contribution in [0.5, 0.6) is 0 Å². The number of aromatic nitrogens is 2. The van der Waals surface area contributed by atoms with Crippen molar-refractivity contribution in [1.82, 2.24) is 20.4 Å². The molecule has 2 fully saturated rings. The van der Waals surface area contributed by atoms with E-state index in [1.54, 1.807) is 15.9 Å². The Morgan fingerprint density at radius 2 is 2.23 bits per heavy atom. The van der Waals surface area contributed by atoms with Gasteiger partial charge in [0.05, 0.1) is 13.2 Å². The van der Waals surface area contributed by atoms with Crippen molar-refractivity contribution in [3.8, 4) is 0 Å². The number of urea groups is 1. The van der Waals surface area contributed by atoms with Crippen molar-refractivity contribution in [2.75, 3.05) is 37.7 Å². The molecule has 3 amide bonds. The van der Waals surface area contributed by atoms with Crippen molar-refractivity contribution < 1.29 is 18.8 Å². The second-order valence-corrected chi connectivity index (χ2v) is 6.26. The summed E-state index contributed by atoms with van der Waals surface area (Å²) in [5.41, 5.74) is 2.24. The molecule has 0 saturated carbocycles. The summed E-state index contributed by atoms with van der Waals surface area (Å²) >= 11 is 0. The number of rotatable bonds is 3. The van der Waals surface area contributed by atoms with Crippen molar-refractivity contribution in [1.29, 1.82) is 0 Å². The molecule has 136 valence electrons. The number of hydrogen-bond acceptors (Lipinski definition) is 6. The molecular formula is C17H19N5O4. The van der Waals surface area contributed by atoms with Crippen molar-refractivity contribution in [3.63, 3.8) is 0 Å². The molecule has 9 heteroatoms. The van der Waals surface area contributed by atoms with E-state index in [2.05, 4.69) is 15.5 Å². The van der Waals surface area contributed by atoms with Crippen LogP contribution in [0.15, 0.2) is 29.1 Å². The second kappa shape index (κ2) is 6.75. The first-order valence-electron chi connectivity index (χ1n) is 8.46. The second-order valence-electron chi connectivity index (χ2n) is 6.26. The monoisotopic (exact) mass is 357 g/mol. The maximum absolute atomic E-state index is 13.0. The summed E-state index contributed by atoms with van der Waals surface area (Å²) in [5, 5.41) is 6.63. The molecule has 0 aliphatic carbocycles. The zero-order valence-corrected chi connectivity index (χ0v) is 14.3. The standard InChI is InChI=1S/C17H19N5O4/c1-11-8-12(2-3-13(11)22-5-4-18-17(22)24)16(23)21-6-7-25-9-14(21)15-19-10-26-20-15/h2-3,8,10,14H,4-7,9H2,1H3,(H,18,24). The number of amides is 3. The van der Waals surface area contributed by atoms with E-state index in [9.17, 15) is 9.59 Å². The molecule has 1 aromatic heterocycles. The van der Waals surface area contributed by atoms with Crippen molar-refractivity contribution in [2.45, 2.75) is 13.0 Å². The van der Waals surface area contributed by atoms with Crippen LogP contribution in [-0.2, 0) is 4.74 Å². The SMILES string of the molecule is Cc1cc(C(=O)N2CCOCC2c2ncon2)ccc1N1CCNC1=O. The highest BCUT2D eigenvalue weighted by molar-refractivity contribution is 5.98. The van der Waals surface area contributed by atoms with Gasteiger partial charge in [-0.05, 0) is 30.7 Å². The molecule has 4 rings (SSSR count). The van der Waals surface area contributed by atoms with Crippen LogP contribution in [0.25, 0.3) is 0 Å². The van der Waals surface area contributed by atoms with Crippen LogP contribution < -0.4 is 10.2 Å². The summed E-state index contributed by atoms with van der Waals surface area (Å²) in [5.74, 6) is 0.309. The lowest BCUT2D eigenvalue weighted by Crippen LogP contribution is -2.43. The molecule has 1 aromatic carbocycles.